The zero-order chi connectivity index (χ0) is 25.4. The lowest BCUT2D eigenvalue weighted by molar-refractivity contribution is -0.117. The summed E-state index contributed by atoms with van der Waals surface area (Å²) >= 11 is 6.21. The van der Waals surface area contributed by atoms with E-state index >= 15 is 4.39 Å². The van der Waals surface area contributed by atoms with E-state index in [1.807, 2.05) is 18.4 Å². The number of amides is 1. The molecule has 4 rings (SSSR count). The minimum atomic E-state index is -0.564. The Balaban J connectivity index is 1.87. The summed E-state index contributed by atoms with van der Waals surface area (Å²) in [6.07, 6.45) is 3.10. The van der Waals surface area contributed by atoms with Crippen LogP contribution in [-0.4, -0.2) is 35.8 Å². The lowest BCUT2D eigenvalue weighted by Crippen LogP contribution is -2.24. The van der Waals surface area contributed by atoms with Crippen LogP contribution >= 0.6 is 11.6 Å². The number of aliphatic hydroxyl groups is 1. The van der Waals surface area contributed by atoms with Gasteiger partial charge in [0.1, 0.15) is 11.6 Å². The van der Waals surface area contributed by atoms with Crippen molar-refractivity contribution in [2.75, 3.05) is 25.2 Å². The smallest absolute Gasteiger partial charge is 0.227 e. The number of carbonyl (C=O) groups is 1. The Morgan fingerprint density at radius 3 is 2.51 bits per heavy atom. The number of benzene rings is 2. The van der Waals surface area contributed by atoms with E-state index in [1.54, 1.807) is 36.2 Å². The monoisotopic (exact) mass is 500 g/mol. The van der Waals surface area contributed by atoms with Gasteiger partial charge in [0, 0.05) is 48.3 Å². The average Bonchev–Trinajstić information content (AvgIpc) is 3.25. The van der Waals surface area contributed by atoms with E-state index in [4.69, 9.17) is 16.3 Å². The molecule has 1 fully saturated rings. The third-order valence-electron chi connectivity index (χ3n) is 6.78. The summed E-state index contributed by atoms with van der Waals surface area (Å²) in [5.74, 6) is 0.0451. The second kappa shape index (κ2) is 9.99. The van der Waals surface area contributed by atoms with Gasteiger partial charge in [0.05, 0.1) is 30.3 Å². The van der Waals surface area contributed by atoms with Crippen molar-refractivity contribution in [2.45, 2.75) is 46.1 Å². The largest absolute Gasteiger partial charge is 0.496 e. The molecule has 1 saturated heterocycles. The molecule has 6 nitrogen and oxygen atoms in total. The summed E-state index contributed by atoms with van der Waals surface area (Å²) in [7, 11) is 1.52. The summed E-state index contributed by atoms with van der Waals surface area (Å²) in [6.45, 7) is 6.25. The van der Waals surface area contributed by atoms with Crippen LogP contribution in [0.2, 0.25) is 5.02 Å². The first-order chi connectivity index (χ1) is 16.7. The predicted molar refractivity (Wildman–Crippen MR) is 136 cm³/mol. The molecule has 1 aliphatic rings. The Morgan fingerprint density at radius 1 is 1.17 bits per heavy atom. The van der Waals surface area contributed by atoms with Gasteiger partial charge >= 0.3 is 0 Å². The number of aryl methyl sites for hydroxylation is 1. The highest BCUT2D eigenvalue weighted by atomic mass is 35.5. The molecule has 0 bridgehead atoms. The molecule has 8 heteroatoms. The highest BCUT2D eigenvalue weighted by molar-refractivity contribution is 6.31. The molecule has 1 atom stereocenters. The topological polar surface area (TPSA) is 71.8 Å². The molecular weight excluding hydrogens is 471 g/mol. The number of hydrogen-bond donors (Lipinski definition) is 1. The van der Waals surface area contributed by atoms with Crippen LogP contribution in [0.25, 0.3) is 10.9 Å². The van der Waals surface area contributed by atoms with E-state index in [0.717, 1.165) is 6.42 Å². The van der Waals surface area contributed by atoms with E-state index < -0.39 is 5.82 Å². The van der Waals surface area contributed by atoms with E-state index in [2.05, 4.69) is 0 Å². The Hall–Kier alpha value is -2.90. The molecule has 0 spiro atoms. The summed E-state index contributed by atoms with van der Waals surface area (Å²) in [4.78, 5) is 26.9. The van der Waals surface area contributed by atoms with Gasteiger partial charge in [-0.05, 0) is 48.6 Å². The molecule has 1 aromatic heterocycles. The van der Waals surface area contributed by atoms with Crippen LogP contribution in [0.3, 0.4) is 0 Å². The molecule has 3 aromatic rings. The fourth-order valence-corrected chi connectivity index (χ4v) is 5.06. The molecule has 0 saturated carbocycles. The highest BCUT2D eigenvalue weighted by Crippen LogP contribution is 2.34. The Morgan fingerprint density at radius 2 is 1.91 bits per heavy atom. The number of rotatable bonds is 7. The number of anilines is 1. The average molecular weight is 501 g/mol. The van der Waals surface area contributed by atoms with Crippen LogP contribution in [-0.2, 0) is 11.2 Å². The minimum absolute atomic E-state index is 0.0125. The Labute approximate surface area is 208 Å². The van der Waals surface area contributed by atoms with Gasteiger partial charge in [-0.1, -0.05) is 25.4 Å². The minimum Gasteiger partial charge on any atom is -0.496 e. The number of fused-ring (bicyclic) bond motifs is 1. The lowest BCUT2D eigenvalue weighted by Gasteiger charge is -2.25. The Bertz CT molecular complexity index is 1350. The van der Waals surface area contributed by atoms with Crippen LogP contribution in [0.4, 0.5) is 10.1 Å². The van der Waals surface area contributed by atoms with Crippen LogP contribution in [0, 0.1) is 18.7 Å². The number of aliphatic hydroxyl groups excluding tert-OH is 1. The molecule has 186 valence electrons. The summed E-state index contributed by atoms with van der Waals surface area (Å²) in [6, 6.07) is 6.39. The summed E-state index contributed by atoms with van der Waals surface area (Å²) in [5.41, 5.74) is 2.57. The molecular formula is C27H30ClFN2O4. The first-order valence-electron chi connectivity index (χ1n) is 11.8. The van der Waals surface area contributed by atoms with Gasteiger partial charge in [-0.2, -0.15) is 0 Å². The molecule has 2 aromatic carbocycles. The summed E-state index contributed by atoms with van der Waals surface area (Å²) in [5, 5.41) is 10.4. The predicted octanol–water partition coefficient (Wildman–Crippen LogP) is 5.02. The Kier molecular flexibility index (Phi) is 7.20. The zero-order valence-corrected chi connectivity index (χ0v) is 21.2. The quantitative estimate of drug-likeness (QED) is 0.494. The number of nitrogens with zero attached hydrogens (tertiary/aromatic N) is 2. The summed E-state index contributed by atoms with van der Waals surface area (Å²) < 4.78 is 22.6. The number of ether oxygens (including phenoxy) is 1. The fourth-order valence-electron chi connectivity index (χ4n) is 4.82. The molecule has 0 radical (unpaired) electrons. The van der Waals surface area contributed by atoms with Gasteiger partial charge in [-0.25, -0.2) is 4.39 Å². The number of pyridine rings is 1. The third kappa shape index (κ3) is 4.67. The maximum Gasteiger partial charge on any atom is 0.227 e. The van der Waals surface area contributed by atoms with Gasteiger partial charge in [0.15, 0.2) is 5.43 Å². The van der Waals surface area contributed by atoms with E-state index in [0.29, 0.717) is 52.0 Å². The van der Waals surface area contributed by atoms with Crippen molar-refractivity contribution in [3.05, 3.63) is 68.2 Å². The highest BCUT2D eigenvalue weighted by Gasteiger charge is 2.25. The van der Waals surface area contributed by atoms with Gasteiger partial charge in [-0.3, -0.25) is 9.59 Å². The van der Waals surface area contributed by atoms with Crippen molar-refractivity contribution in [3.8, 4) is 5.75 Å². The van der Waals surface area contributed by atoms with Gasteiger partial charge in [0.25, 0.3) is 0 Å². The van der Waals surface area contributed by atoms with Gasteiger partial charge < -0.3 is 19.3 Å². The second-order valence-electron chi connectivity index (χ2n) is 9.45. The maximum atomic E-state index is 15.1. The van der Waals surface area contributed by atoms with Gasteiger partial charge in [-0.15, -0.1) is 0 Å². The van der Waals surface area contributed by atoms with E-state index in [-0.39, 0.29) is 41.3 Å². The van der Waals surface area contributed by atoms with Crippen LogP contribution < -0.4 is 15.1 Å². The van der Waals surface area contributed by atoms with Crippen molar-refractivity contribution in [2.24, 2.45) is 5.92 Å². The zero-order valence-electron chi connectivity index (χ0n) is 20.4. The van der Waals surface area contributed by atoms with Crippen LogP contribution in [0.15, 0.2) is 35.3 Å². The third-order valence-corrected chi connectivity index (χ3v) is 7.06. The van der Waals surface area contributed by atoms with Gasteiger partial charge in [0.2, 0.25) is 5.91 Å². The number of aromatic nitrogens is 1. The number of hydrogen-bond acceptors (Lipinski definition) is 4. The van der Waals surface area contributed by atoms with Crippen molar-refractivity contribution >= 4 is 34.1 Å². The van der Waals surface area contributed by atoms with Crippen LogP contribution in [0.1, 0.15) is 49.4 Å². The molecule has 35 heavy (non-hydrogen) atoms. The normalized spacial score (nSPS) is 14.9. The number of carbonyl (C=O) groups excluding carboxylic acids is 1. The van der Waals surface area contributed by atoms with E-state index in [9.17, 15) is 14.7 Å². The molecule has 2 heterocycles. The first-order valence-corrected chi connectivity index (χ1v) is 12.2. The molecule has 0 unspecified atom stereocenters. The molecule has 1 aliphatic heterocycles. The van der Waals surface area contributed by atoms with Crippen molar-refractivity contribution in [1.29, 1.82) is 0 Å². The van der Waals surface area contributed by atoms with Crippen molar-refractivity contribution in [1.82, 2.24) is 4.57 Å². The van der Waals surface area contributed by atoms with Crippen molar-refractivity contribution < 1.29 is 19.0 Å². The van der Waals surface area contributed by atoms with Crippen LogP contribution in [0.5, 0.6) is 5.75 Å². The SMILES string of the molecule is COc1cc2c(cc1Cc1cc(N3CCCC3=O)cc(Cl)c1F)c(=O)c(C)cn2[C@H](CO)C(C)C. The maximum absolute atomic E-state index is 15.1. The standard InChI is InChI=1S/C27H30ClFN2O4/c1-15(2)23(14-32)31-13-16(3)27(34)20-10-17(24(35-4)12-22(20)31)8-18-9-19(11-21(28)26(18)29)30-7-5-6-25(30)33/h9-13,15,23,32H,5-8,14H2,1-4H3/t23-/m1/s1. The molecule has 1 amide bonds. The van der Waals surface area contributed by atoms with Crippen molar-refractivity contribution in [3.63, 3.8) is 0 Å². The van der Waals surface area contributed by atoms with E-state index in [1.165, 1.54) is 13.2 Å². The molecule has 1 N–H and O–H groups in total. The second-order valence-corrected chi connectivity index (χ2v) is 9.86. The molecule has 0 aliphatic carbocycles. The first kappa shape index (κ1) is 25.2. The number of methoxy groups -OCH3 is 1. The fraction of sp³-hybridized carbons (Fsp3) is 0.407. The lowest BCUT2D eigenvalue weighted by atomic mass is 9.98. The number of halogens is 2.